The van der Waals surface area contributed by atoms with E-state index in [4.69, 9.17) is 10.5 Å². The molecule has 0 aromatic carbocycles. The lowest BCUT2D eigenvalue weighted by Gasteiger charge is -1.88. The van der Waals surface area contributed by atoms with Gasteiger partial charge in [0.15, 0.2) is 0 Å². The van der Waals surface area contributed by atoms with Crippen LogP contribution in [0.4, 0.5) is 0 Å². The molecular formula is C6H9NOS. The van der Waals surface area contributed by atoms with Crippen molar-refractivity contribution in [2.24, 2.45) is 5.73 Å². The zero-order chi connectivity index (χ0) is 6.69. The van der Waals surface area contributed by atoms with Crippen LogP contribution < -0.4 is 10.5 Å². The Balaban J connectivity index is 2.74. The van der Waals surface area contributed by atoms with Gasteiger partial charge in [-0.1, -0.05) is 0 Å². The molecule has 0 fully saturated rings. The molecule has 0 unspecified atom stereocenters. The highest BCUT2D eigenvalue weighted by atomic mass is 32.1. The summed E-state index contributed by atoms with van der Waals surface area (Å²) in [6.07, 6.45) is 0. The standard InChI is InChI=1S/C6H9NOS/c1-8-5-2-6(3-7)9-4-5/h2,4H,3,7H2,1H3. The molecule has 0 atom stereocenters. The van der Waals surface area contributed by atoms with E-state index in [1.165, 1.54) is 0 Å². The van der Waals surface area contributed by atoms with Crippen LogP contribution in [0.2, 0.25) is 0 Å². The van der Waals surface area contributed by atoms with Gasteiger partial charge in [-0.3, -0.25) is 0 Å². The molecule has 1 rings (SSSR count). The van der Waals surface area contributed by atoms with Crippen LogP contribution in [0.5, 0.6) is 5.75 Å². The van der Waals surface area contributed by atoms with Gasteiger partial charge in [0, 0.05) is 16.8 Å². The molecule has 0 aliphatic carbocycles. The van der Waals surface area contributed by atoms with Crippen molar-refractivity contribution in [1.82, 2.24) is 0 Å². The summed E-state index contributed by atoms with van der Waals surface area (Å²) in [5.74, 6) is 0.903. The number of hydrogen-bond acceptors (Lipinski definition) is 3. The third-order valence-electron chi connectivity index (χ3n) is 1.07. The molecular weight excluding hydrogens is 134 g/mol. The number of ether oxygens (including phenoxy) is 1. The van der Waals surface area contributed by atoms with Crippen molar-refractivity contribution in [3.63, 3.8) is 0 Å². The molecule has 1 aromatic heterocycles. The predicted molar refractivity (Wildman–Crippen MR) is 38.8 cm³/mol. The topological polar surface area (TPSA) is 35.2 Å². The second kappa shape index (κ2) is 2.85. The van der Waals surface area contributed by atoms with E-state index in [1.807, 2.05) is 11.4 Å². The second-order valence-electron chi connectivity index (χ2n) is 1.66. The van der Waals surface area contributed by atoms with Gasteiger partial charge in [-0.15, -0.1) is 11.3 Å². The van der Waals surface area contributed by atoms with Crippen molar-refractivity contribution < 1.29 is 4.74 Å². The summed E-state index contributed by atoms with van der Waals surface area (Å²) in [5, 5.41) is 1.95. The average molecular weight is 143 g/mol. The summed E-state index contributed by atoms with van der Waals surface area (Å²) in [5.41, 5.74) is 5.37. The monoisotopic (exact) mass is 143 g/mol. The maximum absolute atomic E-state index is 5.37. The smallest absolute Gasteiger partial charge is 0.129 e. The fraction of sp³-hybridized carbons (Fsp3) is 0.333. The summed E-state index contributed by atoms with van der Waals surface area (Å²) in [6.45, 7) is 0.605. The van der Waals surface area contributed by atoms with Gasteiger partial charge in [0.05, 0.1) is 7.11 Å². The molecule has 0 bridgehead atoms. The molecule has 1 aromatic rings. The third-order valence-corrected chi connectivity index (χ3v) is 2.00. The summed E-state index contributed by atoms with van der Waals surface area (Å²) in [6, 6.07) is 1.95. The minimum Gasteiger partial charge on any atom is -0.496 e. The fourth-order valence-corrected chi connectivity index (χ4v) is 1.29. The molecule has 0 spiro atoms. The summed E-state index contributed by atoms with van der Waals surface area (Å²) >= 11 is 1.62. The highest BCUT2D eigenvalue weighted by molar-refractivity contribution is 7.10. The average Bonchev–Trinajstić information content (AvgIpc) is 2.34. The molecule has 0 aliphatic rings. The Bertz CT molecular complexity index is 166. The number of nitrogens with two attached hydrogens (primary N) is 1. The normalized spacial score (nSPS) is 9.56. The van der Waals surface area contributed by atoms with Gasteiger partial charge in [-0.2, -0.15) is 0 Å². The largest absolute Gasteiger partial charge is 0.496 e. The van der Waals surface area contributed by atoms with Crippen LogP contribution in [-0.2, 0) is 6.54 Å². The minimum absolute atomic E-state index is 0.605. The molecule has 0 aliphatic heterocycles. The summed E-state index contributed by atoms with van der Waals surface area (Å²) in [7, 11) is 1.66. The van der Waals surface area contributed by atoms with E-state index >= 15 is 0 Å². The molecule has 0 amide bonds. The number of rotatable bonds is 2. The van der Waals surface area contributed by atoms with Crippen LogP contribution in [0.15, 0.2) is 11.4 Å². The van der Waals surface area contributed by atoms with Gasteiger partial charge >= 0.3 is 0 Å². The summed E-state index contributed by atoms with van der Waals surface area (Å²) < 4.78 is 4.95. The molecule has 50 valence electrons. The molecule has 0 radical (unpaired) electrons. The van der Waals surface area contributed by atoms with Crippen molar-refractivity contribution in [2.45, 2.75) is 6.54 Å². The lowest BCUT2D eigenvalue weighted by atomic mass is 10.4. The van der Waals surface area contributed by atoms with Crippen LogP contribution in [-0.4, -0.2) is 7.11 Å². The predicted octanol–water partition coefficient (Wildman–Crippen LogP) is 1.22. The first-order valence-corrected chi connectivity index (χ1v) is 3.56. The molecule has 0 saturated heterocycles. The van der Waals surface area contributed by atoms with E-state index in [-0.39, 0.29) is 0 Å². The number of methoxy groups -OCH3 is 1. The van der Waals surface area contributed by atoms with Crippen molar-refractivity contribution in [2.75, 3.05) is 7.11 Å². The number of hydrogen-bond donors (Lipinski definition) is 1. The Hall–Kier alpha value is -0.540. The number of thiophene rings is 1. The maximum Gasteiger partial charge on any atom is 0.129 e. The zero-order valence-electron chi connectivity index (χ0n) is 5.26. The highest BCUT2D eigenvalue weighted by Crippen LogP contribution is 2.19. The first-order valence-electron chi connectivity index (χ1n) is 2.68. The Morgan fingerprint density at radius 2 is 2.56 bits per heavy atom. The minimum atomic E-state index is 0.605. The van der Waals surface area contributed by atoms with E-state index in [0.717, 1.165) is 10.6 Å². The zero-order valence-corrected chi connectivity index (χ0v) is 6.07. The van der Waals surface area contributed by atoms with Crippen LogP contribution >= 0.6 is 11.3 Å². The van der Waals surface area contributed by atoms with Gasteiger partial charge in [-0.25, -0.2) is 0 Å². The first-order chi connectivity index (χ1) is 4.36. The van der Waals surface area contributed by atoms with Gasteiger partial charge in [0.1, 0.15) is 5.75 Å². The van der Waals surface area contributed by atoms with Crippen LogP contribution in [0, 0.1) is 0 Å². The van der Waals surface area contributed by atoms with Crippen LogP contribution in [0.25, 0.3) is 0 Å². The van der Waals surface area contributed by atoms with E-state index in [2.05, 4.69) is 0 Å². The summed E-state index contributed by atoms with van der Waals surface area (Å²) in [4.78, 5) is 1.16. The van der Waals surface area contributed by atoms with E-state index in [1.54, 1.807) is 18.4 Å². The fourth-order valence-electron chi connectivity index (χ4n) is 0.575. The Kier molecular flexibility index (Phi) is 2.08. The van der Waals surface area contributed by atoms with Crippen LogP contribution in [0.1, 0.15) is 4.88 Å². The molecule has 0 saturated carbocycles. The third kappa shape index (κ3) is 1.43. The molecule has 3 heteroatoms. The highest BCUT2D eigenvalue weighted by Gasteiger charge is 1.94. The van der Waals surface area contributed by atoms with Gasteiger partial charge in [-0.05, 0) is 6.07 Å². The Morgan fingerprint density at radius 1 is 1.78 bits per heavy atom. The van der Waals surface area contributed by atoms with Gasteiger partial charge < -0.3 is 10.5 Å². The van der Waals surface area contributed by atoms with Crippen molar-refractivity contribution in [3.05, 3.63) is 16.3 Å². The molecule has 2 nitrogen and oxygen atoms in total. The van der Waals surface area contributed by atoms with Gasteiger partial charge in [0.2, 0.25) is 0 Å². The molecule has 1 heterocycles. The van der Waals surface area contributed by atoms with Gasteiger partial charge in [0.25, 0.3) is 0 Å². The lowest BCUT2D eigenvalue weighted by Crippen LogP contribution is -1.91. The first kappa shape index (κ1) is 6.58. The van der Waals surface area contributed by atoms with E-state index in [9.17, 15) is 0 Å². The molecule has 9 heavy (non-hydrogen) atoms. The van der Waals surface area contributed by atoms with Crippen molar-refractivity contribution in [3.8, 4) is 5.75 Å². The Morgan fingerprint density at radius 3 is 2.89 bits per heavy atom. The van der Waals surface area contributed by atoms with Crippen molar-refractivity contribution >= 4 is 11.3 Å². The lowest BCUT2D eigenvalue weighted by molar-refractivity contribution is 0.416. The van der Waals surface area contributed by atoms with E-state index in [0.29, 0.717) is 6.54 Å². The SMILES string of the molecule is COc1csc(CN)c1. The quantitative estimate of drug-likeness (QED) is 0.675. The maximum atomic E-state index is 5.37. The second-order valence-corrected chi connectivity index (χ2v) is 2.65. The van der Waals surface area contributed by atoms with Crippen LogP contribution in [0.3, 0.4) is 0 Å². The molecule has 2 N–H and O–H groups in total. The Labute approximate surface area is 58.3 Å². The van der Waals surface area contributed by atoms with Crippen molar-refractivity contribution in [1.29, 1.82) is 0 Å². The van der Waals surface area contributed by atoms with E-state index < -0.39 is 0 Å².